The molecule has 1 aromatic rings. The average Bonchev–Trinajstić information content (AvgIpc) is 2.86. The van der Waals surface area contributed by atoms with Crippen LogP contribution in [0.2, 0.25) is 5.02 Å². The highest BCUT2D eigenvalue weighted by Crippen LogP contribution is 2.39. The van der Waals surface area contributed by atoms with Gasteiger partial charge in [-0.1, -0.05) is 11.6 Å². The van der Waals surface area contributed by atoms with Crippen LogP contribution in [0.15, 0.2) is 12.1 Å². The van der Waals surface area contributed by atoms with Gasteiger partial charge in [-0.25, -0.2) is 0 Å². The highest BCUT2D eigenvalue weighted by atomic mass is 35.5. The summed E-state index contributed by atoms with van der Waals surface area (Å²) in [6.07, 6.45) is 1.48. The number of benzene rings is 1. The Labute approximate surface area is 148 Å². The molecule has 3 aliphatic heterocycles. The second-order valence-corrected chi connectivity index (χ2v) is 7.00. The Kier molecular flexibility index (Phi) is 3.76. The molecule has 0 aromatic heterocycles. The molecule has 7 nitrogen and oxygen atoms in total. The van der Waals surface area contributed by atoms with Crippen LogP contribution in [0, 0.1) is 5.92 Å². The molecule has 0 saturated carbocycles. The van der Waals surface area contributed by atoms with Crippen LogP contribution in [0.3, 0.4) is 0 Å². The minimum Gasteiger partial charge on any atom is -0.369 e. The van der Waals surface area contributed by atoms with Gasteiger partial charge in [0.05, 0.1) is 10.7 Å². The van der Waals surface area contributed by atoms with Crippen molar-refractivity contribution in [3.8, 4) is 0 Å². The zero-order valence-corrected chi connectivity index (χ0v) is 14.1. The number of hydrogen-bond acceptors (Lipinski definition) is 5. The molecule has 130 valence electrons. The van der Waals surface area contributed by atoms with Crippen LogP contribution in [-0.4, -0.2) is 48.0 Å². The number of amides is 3. The quantitative estimate of drug-likeness (QED) is 0.633. The Morgan fingerprint density at radius 1 is 1.20 bits per heavy atom. The van der Waals surface area contributed by atoms with Crippen LogP contribution in [0.25, 0.3) is 0 Å². The Bertz CT molecular complexity index is 803. The number of carbonyl (C=O) groups is 4. The maximum atomic E-state index is 12.7. The fourth-order valence-electron chi connectivity index (χ4n) is 3.63. The molecule has 4 rings (SSSR count). The first-order valence-corrected chi connectivity index (χ1v) is 8.53. The van der Waals surface area contributed by atoms with Gasteiger partial charge in [0.2, 0.25) is 11.8 Å². The van der Waals surface area contributed by atoms with Gasteiger partial charge in [0.1, 0.15) is 12.3 Å². The zero-order valence-electron chi connectivity index (χ0n) is 13.3. The summed E-state index contributed by atoms with van der Waals surface area (Å²) in [5.41, 5.74) is 1.99. The standard InChI is InChI=1S/C17H16ClN3O4/c18-15-11-7-21(13-3-4-14(23)19-16(13)24)17(25)10(11)1-2-12(15)20-5-9(6-20)8-22/h1-2,8-9,13H,3-7H2,(H,19,23,24). The van der Waals surface area contributed by atoms with Crippen LogP contribution in [0.5, 0.6) is 0 Å². The van der Waals surface area contributed by atoms with Crippen molar-refractivity contribution >= 4 is 41.3 Å². The SMILES string of the molecule is O=CC1CN(c2ccc3c(c2Cl)CN(C2CCC(=O)NC2=O)C3=O)C1. The first-order valence-electron chi connectivity index (χ1n) is 8.16. The van der Waals surface area contributed by atoms with Crippen LogP contribution < -0.4 is 10.2 Å². The van der Waals surface area contributed by atoms with Crippen LogP contribution >= 0.6 is 11.6 Å². The lowest BCUT2D eigenvalue weighted by Gasteiger charge is -2.38. The van der Waals surface area contributed by atoms with Gasteiger partial charge < -0.3 is 14.6 Å². The van der Waals surface area contributed by atoms with E-state index < -0.39 is 11.9 Å². The normalized spacial score (nSPS) is 23.4. The number of carbonyl (C=O) groups excluding carboxylic acids is 4. The van der Waals surface area contributed by atoms with Crippen molar-refractivity contribution in [3.05, 3.63) is 28.3 Å². The summed E-state index contributed by atoms with van der Waals surface area (Å²) in [6, 6.07) is 2.85. The molecule has 1 atom stereocenters. The summed E-state index contributed by atoms with van der Waals surface area (Å²) >= 11 is 6.52. The number of imide groups is 1. The smallest absolute Gasteiger partial charge is 0.255 e. The number of hydrogen-bond donors (Lipinski definition) is 1. The summed E-state index contributed by atoms with van der Waals surface area (Å²) < 4.78 is 0. The van der Waals surface area contributed by atoms with Crippen molar-refractivity contribution in [1.29, 1.82) is 0 Å². The lowest BCUT2D eigenvalue weighted by Crippen LogP contribution is -2.52. The van der Waals surface area contributed by atoms with Gasteiger partial charge in [0.15, 0.2) is 0 Å². The van der Waals surface area contributed by atoms with Crippen molar-refractivity contribution in [2.75, 3.05) is 18.0 Å². The molecule has 0 bridgehead atoms. The maximum Gasteiger partial charge on any atom is 0.255 e. The Morgan fingerprint density at radius 3 is 2.64 bits per heavy atom. The Morgan fingerprint density at radius 2 is 1.96 bits per heavy atom. The van der Waals surface area contributed by atoms with Gasteiger partial charge in [-0.15, -0.1) is 0 Å². The van der Waals surface area contributed by atoms with Crippen molar-refractivity contribution in [3.63, 3.8) is 0 Å². The highest BCUT2D eigenvalue weighted by molar-refractivity contribution is 6.35. The number of aldehydes is 1. The monoisotopic (exact) mass is 361 g/mol. The lowest BCUT2D eigenvalue weighted by molar-refractivity contribution is -0.136. The number of piperidine rings is 1. The zero-order chi connectivity index (χ0) is 17.7. The summed E-state index contributed by atoms with van der Waals surface area (Å²) in [5, 5.41) is 2.77. The van der Waals surface area contributed by atoms with Crippen molar-refractivity contribution in [2.24, 2.45) is 5.92 Å². The third-order valence-electron chi connectivity index (χ3n) is 5.07. The maximum absolute atomic E-state index is 12.7. The number of anilines is 1. The van der Waals surface area contributed by atoms with Crippen LogP contribution in [0.4, 0.5) is 5.69 Å². The molecule has 3 aliphatic rings. The van der Waals surface area contributed by atoms with E-state index in [4.69, 9.17) is 11.6 Å². The van der Waals surface area contributed by atoms with Crippen molar-refractivity contribution in [2.45, 2.75) is 25.4 Å². The third-order valence-corrected chi connectivity index (χ3v) is 5.49. The molecule has 0 aliphatic carbocycles. The summed E-state index contributed by atoms with van der Waals surface area (Å²) in [5.74, 6) is -0.975. The molecular weight excluding hydrogens is 346 g/mol. The fraction of sp³-hybridized carbons (Fsp3) is 0.412. The van der Waals surface area contributed by atoms with Gasteiger partial charge >= 0.3 is 0 Å². The first kappa shape index (κ1) is 16.1. The van der Waals surface area contributed by atoms with Crippen molar-refractivity contribution < 1.29 is 19.2 Å². The van der Waals surface area contributed by atoms with Crippen LogP contribution in [-0.2, 0) is 20.9 Å². The number of nitrogens with zero attached hydrogens (tertiary/aromatic N) is 2. The predicted octanol–water partition coefficient (Wildman–Crippen LogP) is 0.736. The second-order valence-electron chi connectivity index (χ2n) is 6.63. The predicted molar refractivity (Wildman–Crippen MR) is 89.3 cm³/mol. The van der Waals surface area contributed by atoms with E-state index in [1.807, 2.05) is 4.90 Å². The summed E-state index contributed by atoms with van der Waals surface area (Å²) in [6.45, 7) is 1.48. The number of fused-ring (bicyclic) bond motifs is 1. The molecule has 1 N–H and O–H groups in total. The van der Waals surface area contributed by atoms with E-state index in [0.29, 0.717) is 35.7 Å². The Hall–Kier alpha value is -2.41. The molecule has 8 heteroatoms. The fourth-order valence-corrected chi connectivity index (χ4v) is 3.98. The molecule has 25 heavy (non-hydrogen) atoms. The van der Waals surface area contributed by atoms with E-state index in [1.165, 1.54) is 4.90 Å². The average molecular weight is 362 g/mol. The molecule has 1 unspecified atom stereocenters. The minimum atomic E-state index is -0.652. The van der Waals surface area contributed by atoms with E-state index in [0.717, 1.165) is 12.0 Å². The van der Waals surface area contributed by atoms with Gasteiger partial charge in [0.25, 0.3) is 5.91 Å². The van der Waals surface area contributed by atoms with E-state index in [1.54, 1.807) is 12.1 Å². The highest BCUT2D eigenvalue weighted by Gasteiger charge is 2.40. The van der Waals surface area contributed by atoms with E-state index in [9.17, 15) is 19.2 Å². The van der Waals surface area contributed by atoms with E-state index >= 15 is 0 Å². The molecule has 0 radical (unpaired) electrons. The number of rotatable bonds is 3. The second kappa shape index (κ2) is 5.84. The summed E-state index contributed by atoms with van der Waals surface area (Å²) in [4.78, 5) is 50.3. The first-order chi connectivity index (χ1) is 12.0. The number of nitrogens with one attached hydrogen (secondary N) is 1. The largest absolute Gasteiger partial charge is 0.369 e. The van der Waals surface area contributed by atoms with E-state index in [2.05, 4.69) is 5.32 Å². The molecule has 2 saturated heterocycles. The number of halogens is 1. The molecular formula is C17H16ClN3O4. The topological polar surface area (TPSA) is 86.8 Å². The van der Waals surface area contributed by atoms with Gasteiger partial charge in [0, 0.05) is 43.1 Å². The van der Waals surface area contributed by atoms with Crippen molar-refractivity contribution in [1.82, 2.24) is 10.2 Å². The van der Waals surface area contributed by atoms with Gasteiger partial charge in [-0.2, -0.15) is 0 Å². The third kappa shape index (κ3) is 2.50. The summed E-state index contributed by atoms with van der Waals surface area (Å²) in [7, 11) is 0. The van der Waals surface area contributed by atoms with Crippen LogP contribution in [0.1, 0.15) is 28.8 Å². The molecule has 3 amide bonds. The lowest BCUT2D eigenvalue weighted by atomic mass is 9.99. The minimum absolute atomic E-state index is 0.0194. The van der Waals surface area contributed by atoms with Gasteiger partial charge in [-0.05, 0) is 18.6 Å². The van der Waals surface area contributed by atoms with Gasteiger partial charge in [-0.3, -0.25) is 19.7 Å². The molecule has 1 aromatic carbocycles. The molecule has 0 spiro atoms. The Balaban J connectivity index is 1.59. The molecule has 3 heterocycles. The van der Waals surface area contributed by atoms with E-state index in [-0.39, 0.29) is 30.7 Å². The molecule has 2 fully saturated rings.